The maximum absolute atomic E-state index is 15.0. The largest absolute Gasteiger partial charge is 0.355 e. The van der Waals surface area contributed by atoms with E-state index < -0.39 is 11.5 Å². The van der Waals surface area contributed by atoms with Gasteiger partial charge in [-0.1, -0.05) is 44.2 Å². The van der Waals surface area contributed by atoms with Crippen molar-refractivity contribution in [1.82, 2.24) is 24.4 Å². The molecule has 41 heavy (non-hydrogen) atoms. The number of aromatic nitrogens is 4. The van der Waals surface area contributed by atoms with Crippen LogP contribution >= 0.6 is 11.6 Å². The fourth-order valence-electron chi connectivity index (χ4n) is 6.13. The first-order valence-corrected chi connectivity index (χ1v) is 14.1. The number of amides is 1. The fraction of sp³-hybridized carbons (Fsp3) is 0.323. The molecular formula is C31H30ClFN6O2. The van der Waals surface area contributed by atoms with Crippen molar-refractivity contribution < 1.29 is 9.18 Å². The Bertz CT molecular complexity index is 1770. The molecule has 6 heterocycles. The van der Waals surface area contributed by atoms with E-state index in [1.807, 2.05) is 31.7 Å². The van der Waals surface area contributed by atoms with Crippen LogP contribution in [0.2, 0.25) is 5.02 Å². The van der Waals surface area contributed by atoms with Crippen LogP contribution in [-0.2, 0) is 4.79 Å². The van der Waals surface area contributed by atoms with Crippen molar-refractivity contribution in [3.05, 3.63) is 87.8 Å². The van der Waals surface area contributed by atoms with Gasteiger partial charge in [0, 0.05) is 36.9 Å². The molecule has 10 heteroatoms. The van der Waals surface area contributed by atoms with Crippen LogP contribution < -0.4 is 10.6 Å². The van der Waals surface area contributed by atoms with E-state index in [1.54, 1.807) is 30.5 Å². The van der Waals surface area contributed by atoms with Crippen LogP contribution in [0.15, 0.2) is 60.0 Å². The molecule has 210 valence electrons. The summed E-state index contributed by atoms with van der Waals surface area (Å²) in [6.45, 7) is 10.6. The van der Waals surface area contributed by atoms with Gasteiger partial charge >= 0.3 is 5.69 Å². The van der Waals surface area contributed by atoms with E-state index in [4.69, 9.17) is 16.6 Å². The van der Waals surface area contributed by atoms with Crippen LogP contribution in [0.4, 0.5) is 10.2 Å². The lowest BCUT2D eigenvalue weighted by Crippen LogP contribution is -2.64. The summed E-state index contributed by atoms with van der Waals surface area (Å²) in [5.74, 6) is -0.0925. The van der Waals surface area contributed by atoms with Gasteiger partial charge in [0.2, 0.25) is 5.91 Å². The van der Waals surface area contributed by atoms with Crippen molar-refractivity contribution >= 4 is 34.4 Å². The van der Waals surface area contributed by atoms with Crippen LogP contribution in [0.5, 0.6) is 0 Å². The second-order valence-electron chi connectivity index (χ2n) is 11.0. The molecule has 8 nitrogen and oxygen atoms in total. The molecule has 4 aromatic rings. The number of pyridine rings is 2. The number of carbonyl (C=O) groups excluding carboxylic acids is 1. The maximum atomic E-state index is 15.0. The highest BCUT2D eigenvalue weighted by molar-refractivity contribution is 6.33. The molecule has 0 unspecified atom stereocenters. The van der Waals surface area contributed by atoms with E-state index >= 15 is 0 Å². The van der Waals surface area contributed by atoms with Crippen LogP contribution in [0.1, 0.15) is 43.9 Å². The second kappa shape index (κ2) is 10.4. The van der Waals surface area contributed by atoms with Gasteiger partial charge in [-0.05, 0) is 61.6 Å². The smallest absolute Gasteiger partial charge is 0.349 e. The lowest BCUT2D eigenvalue weighted by molar-refractivity contribution is -0.131. The molecular weight excluding hydrogens is 543 g/mol. The second-order valence-corrected chi connectivity index (χ2v) is 11.4. The van der Waals surface area contributed by atoms with Crippen molar-refractivity contribution in [2.75, 3.05) is 18.0 Å². The molecule has 0 radical (unpaired) electrons. The topological polar surface area (TPSA) is 84.2 Å². The summed E-state index contributed by atoms with van der Waals surface area (Å²) in [7, 11) is 0. The van der Waals surface area contributed by atoms with Crippen molar-refractivity contribution in [1.29, 1.82) is 0 Å². The number of nitrogens with zero attached hydrogens (tertiary/aromatic N) is 6. The molecule has 3 aliphatic heterocycles. The Morgan fingerprint density at radius 1 is 1.15 bits per heavy atom. The lowest BCUT2D eigenvalue weighted by Gasteiger charge is -2.51. The third-order valence-corrected chi connectivity index (χ3v) is 8.40. The SMILES string of the molecule is C=CC(=O)N1C[C@H]2CC[C@@H]1CN2c1nc(=O)n(-c2c(C)ccnc2C(C)C)c2nc(-c3ccccc3F)c(Cl)cc12. The minimum atomic E-state index is -0.514. The number of piperidine rings is 2. The monoisotopic (exact) mass is 572 g/mol. The first kappa shape index (κ1) is 27.1. The Balaban J connectivity index is 1.63. The van der Waals surface area contributed by atoms with Crippen LogP contribution in [0, 0.1) is 12.7 Å². The number of halogens is 2. The lowest BCUT2D eigenvalue weighted by atomic mass is 9.90. The maximum Gasteiger partial charge on any atom is 0.355 e. The Labute approximate surface area is 242 Å². The molecule has 1 amide bonds. The zero-order valence-corrected chi connectivity index (χ0v) is 23.9. The number of anilines is 1. The van der Waals surface area contributed by atoms with Crippen molar-refractivity contribution in [3.63, 3.8) is 0 Å². The van der Waals surface area contributed by atoms with Gasteiger partial charge in [-0.2, -0.15) is 4.98 Å². The number of carbonyl (C=O) groups is 1. The highest BCUT2D eigenvalue weighted by Gasteiger charge is 2.42. The molecule has 0 aliphatic carbocycles. The summed E-state index contributed by atoms with van der Waals surface area (Å²) in [5, 5.41) is 0.815. The number of aryl methyl sites for hydroxylation is 1. The quantitative estimate of drug-likeness (QED) is 0.296. The van der Waals surface area contributed by atoms with E-state index in [0.29, 0.717) is 35.6 Å². The number of rotatable bonds is 5. The molecule has 1 aromatic carbocycles. The van der Waals surface area contributed by atoms with Crippen LogP contribution in [0.25, 0.3) is 28.0 Å². The average Bonchev–Trinajstić information content (AvgIpc) is 2.97. The van der Waals surface area contributed by atoms with Crippen LogP contribution in [-0.4, -0.2) is 55.5 Å². The highest BCUT2D eigenvalue weighted by atomic mass is 35.5. The standard InChI is InChI=1S/C31H30ClFN6O2/c1-5-25(40)37-15-20-11-10-19(37)16-38(20)29-22-14-23(32)27(21-8-6-7-9-24(21)33)35-30(22)39(31(41)36-29)28-18(4)12-13-34-26(28)17(2)3/h5-9,12-14,17,19-20H,1,10-11,15-16H2,2-4H3/t19-,20-/m1/s1. The Morgan fingerprint density at radius 3 is 2.59 bits per heavy atom. The van der Waals surface area contributed by atoms with Gasteiger partial charge in [-0.25, -0.2) is 18.7 Å². The van der Waals surface area contributed by atoms with E-state index in [2.05, 4.69) is 21.4 Å². The summed E-state index contributed by atoms with van der Waals surface area (Å²) in [6.07, 6.45) is 4.78. The summed E-state index contributed by atoms with van der Waals surface area (Å²) in [5.41, 5.74) is 2.44. The average molecular weight is 573 g/mol. The van der Waals surface area contributed by atoms with Gasteiger partial charge in [0.1, 0.15) is 11.6 Å². The first-order valence-electron chi connectivity index (χ1n) is 13.7. The van der Waals surface area contributed by atoms with Crippen molar-refractivity contribution in [3.8, 4) is 16.9 Å². The van der Waals surface area contributed by atoms with Crippen molar-refractivity contribution in [2.45, 2.75) is 51.6 Å². The van der Waals surface area contributed by atoms with Gasteiger partial charge in [0.15, 0.2) is 5.65 Å². The number of fused-ring (bicyclic) bond motifs is 4. The van der Waals surface area contributed by atoms with Gasteiger partial charge in [-0.15, -0.1) is 0 Å². The van der Waals surface area contributed by atoms with Gasteiger partial charge in [-0.3, -0.25) is 9.78 Å². The molecule has 2 bridgehead atoms. The molecule has 3 aliphatic rings. The van der Waals surface area contributed by atoms with Gasteiger partial charge < -0.3 is 9.80 Å². The van der Waals surface area contributed by atoms with E-state index in [1.165, 1.54) is 16.7 Å². The fourth-order valence-corrected chi connectivity index (χ4v) is 6.38. The van der Waals surface area contributed by atoms with E-state index in [0.717, 1.165) is 24.1 Å². The number of piperazine rings is 1. The Kier molecular flexibility index (Phi) is 6.85. The predicted octanol–water partition coefficient (Wildman–Crippen LogP) is 5.43. The van der Waals surface area contributed by atoms with Crippen molar-refractivity contribution in [2.24, 2.45) is 0 Å². The Morgan fingerprint density at radius 2 is 1.90 bits per heavy atom. The summed E-state index contributed by atoms with van der Waals surface area (Å²) in [4.78, 5) is 44.5. The predicted molar refractivity (Wildman–Crippen MR) is 158 cm³/mol. The molecule has 0 spiro atoms. The first-order chi connectivity index (χ1) is 19.7. The summed E-state index contributed by atoms with van der Waals surface area (Å²) < 4.78 is 16.4. The normalized spacial score (nSPS) is 18.4. The highest BCUT2D eigenvalue weighted by Crippen LogP contribution is 2.38. The zero-order valence-electron chi connectivity index (χ0n) is 23.1. The number of hydrogen-bond acceptors (Lipinski definition) is 6. The molecule has 3 aromatic heterocycles. The van der Waals surface area contributed by atoms with Gasteiger partial charge in [0.25, 0.3) is 0 Å². The van der Waals surface area contributed by atoms with Crippen LogP contribution in [0.3, 0.4) is 0 Å². The molecule has 7 rings (SSSR count). The third kappa shape index (κ3) is 4.48. The minimum Gasteiger partial charge on any atom is -0.349 e. The molecule has 3 saturated heterocycles. The molecule has 3 fully saturated rings. The van der Waals surface area contributed by atoms with E-state index in [-0.39, 0.29) is 40.2 Å². The Hall–Kier alpha value is -4.11. The van der Waals surface area contributed by atoms with Gasteiger partial charge in [0.05, 0.1) is 27.5 Å². The molecule has 2 atom stereocenters. The summed E-state index contributed by atoms with van der Waals surface area (Å²) >= 11 is 6.80. The number of benzene rings is 1. The van der Waals surface area contributed by atoms with E-state index in [9.17, 15) is 14.0 Å². The third-order valence-electron chi connectivity index (χ3n) is 8.11. The number of hydrogen-bond donors (Lipinski definition) is 0. The molecule has 0 N–H and O–H groups in total. The zero-order chi connectivity index (χ0) is 29.0. The minimum absolute atomic E-state index is 0.0103. The summed E-state index contributed by atoms with van der Waals surface area (Å²) in [6, 6.07) is 9.79. The molecule has 0 saturated carbocycles.